The summed E-state index contributed by atoms with van der Waals surface area (Å²) in [6.07, 6.45) is 4.13. The van der Waals surface area contributed by atoms with E-state index in [0.29, 0.717) is 18.7 Å². The van der Waals surface area contributed by atoms with E-state index in [2.05, 4.69) is 15.7 Å². The Labute approximate surface area is 170 Å². The zero-order valence-electron chi connectivity index (χ0n) is 16.6. The molecule has 29 heavy (non-hydrogen) atoms. The Bertz CT molecular complexity index is 934. The number of rotatable bonds is 7. The lowest BCUT2D eigenvalue weighted by atomic mass is 10.1. The quantitative estimate of drug-likeness (QED) is 0.646. The lowest BCUT2D eigenvalue weighted by molar-refractivity contribution is -0.118. The molecule has 2 aromatic carbocycles. The van der Waals surface area contributed by atoms with Crippen molar-refractivity contribution in [1.29, 1.82) is 0 Å². The van der Waals surface area contributed by atoms with Crippen LogP contribution in [0.2, 0.25) is 0 Å². The first-order valence-corrected chi connectivity index (χ1v) is 9.52. The maximum Gasteiger partial charge on any atom is 0.319 e. The molecule has 3 rings (SSSR count). The van der Waals surface area contributed by atoms with Crippen LogP contribution in [0.15, 0.2) is 67.0 Å². The summed E-state index contributed by atoms with van der Waals surface area (Å²) >= 11 is 0. The molecule has 3 amide bonds. The number of nitrogens with zero attached hydrogens (tertiary/aromatic N) is 3. The van der Waals surface area contributed by atoms with Gasteiger partial charge in [0.1, 0.15) is 0 Å². The van der Waals surface area contributed by atoms with Gasteiger partial charge in [-0.05, 0) is 41.5 Å². The number of benzene rings is 2. The van der Waals surface area contributed by atoms with Gasteiger partial charge in [0.2, 0.25) is 5.91 Å². The fraction of sp³-hybridized carbons (Fsp3) is 0.227. The first kappa shape index (κ1) is 20.1. The molecule has 1 heterocycles. The molecule has 2 N–H and O–H groups in total. The van der Waals surface area contributed by atoms with Gasteiger partial charge in [0.25, 0.3) is 0 Å². The highest BCUT2D eigenvalue weighted by molar-refractivity contribution is 5.93. The number of carbonyl (C=O) groups excluding carboxylic acids is 2. The number of anilines is 2. The van der Waals surface area contributed by atoms with Crippen molar-refractivity contribution in [2.45, 2.75) is 26.4 Å². The molecule has 0 saturated carbocycles. The third kappa shape index (κ3) is 5.68. The average molecular weight is 391 g/mol. The van der Waals surface area contributed by atoms with Crippen molar-refractivity contribution in [3.05, 3.63) is 78.1 Å². The van der Waals surface area contributed by atoms with Gasteiger partial charge in [0.15, 0.2) is 0 Å². The highest BCUT2D eigenvalue weighted by atomic mass is 16.2. The fourth-order valence-corrected chi connectivity index (χ4v) is 2.85. The average Bonchev–Trinajstić information content (AvgIpc) is 3.26. The highest BCUT2D eigenvalue weighted by Crippen LogP contribution is 2.17. The monoisotopic (exact) mass is 391 g/mol. The van der Waals surface area contributed by atoms with E-state index >= 15 is 0 Å². The van der Waals surface area contributed by atoms with Crippen molar-refractivity contribution in [3.8, 4) is 0 Å². The molecule has 0 unspecified atom stereocenters. The molecule has 7 heteroatoms. The van der Waals surface area contributed by atoms with Gasteiger partial charge in [-0.1, -0.05) is 31.2 Å². The largest absolute Gasteiger partial charge is 0.334 e. The minimum atomic E-state index is -0.281. The van der Waals surface area contributed by atoms with Crippen LogP contribution in [0.4, 0.5) is 16.2 Å². The molecule has 0 radical (unpaired) electrons. The molecule has 7 nitrogen and oxygen atoms in total. The highest BCUT2D eigenvalue weighted by Gasteiger charge is 2.08. The van der Waals surface area contributed by atoms with Crippen molar-refractivity contribution in [1.82, 2.24) is 15.1 Å². The van der Waals surface area contributed by atoms with Gasteiger partial charge in [0, 0.05) is 43.8 Å². The molecular formula is C22H25N5O2. The van der Waals surface area contributed by atoms with E-state index < -0.39 is 0 Å². The van der Waals surface area contributed by atoms with Crippen molar-refractivity contribution in [3.63, 3.8) is 0 Å². The summed E-state index contributed by atoms with van der Waals surface area (Å²) in [4.78, 5) is 25.5. The lowest BCUT2D eigenvalue weighted by Crippen LogP contribution is -2.28. The van der Waals surface area contributed by atoms with E-state index in [1.165, 1.54) is 0 Å². The molecular weight excluding hydrogens is 366 g/mol. The van der Waals surface area contributed by atoms with E-state index in [0.717, 1.165) is 23.4 Å². The van der Waals surface area contributed by atoms with Crippen molar-refractivity contribution < 1.29 is 9.59 Å². The molecule has 0 bridgehead atoms. The maximum absolute atomic E-state index is 12.1. The summed E-state index contributed by atoms with van der Waals surface area (Å²) in [5, 5.41) is 9.84. The third-order valence-corrected chi connectivity index (χ3v) is 4.57. The van der Waals surface area contributed by atoms with E-state index in [1.807, 2.05) is 60.3 Å². The Morgan fingerprint density at radius 1 is 1.03 bits per heavy atom. The Balaban J connectivity index is 1.47. The Kier molecular flexibility index (Phi) is 6.63. The number of nitrogens with one attached hydrogen (secondary N) is 2. The van der Waals surface area contributed by atoms with E-state index in [9.17, 15) is 9.59 Å². The molecule has 0 fully saturated rings. The second kappa shape index (κ2) is 9.54. The van der Waals surface area contributed by atoms with Crippen LogP contribution in [0.1, 0.15) is 24.5 Å². The van der Waals surface area contributed by atoms with Crippen LogP contribution in [0.25, 0.3) is 0 Å². The number of hydrogen-bond acceptors (Lipinski definition) is 3. The van der Waals surface area contributed by atoms with Gasteiger partial charge in [-0.25, -0.2) is 4.79 Å². The predicted octanol–water partition coefficient (Wildman–Crippen LogP) is 3.63. The van der Waals surface area contributed by atoms with Gasteiger partial charge in [0.05, 0.1) is 6.54 Å². The predicted molar refractivity (Wildman–Crippen MR) is 114 cm³/mol. The number of hydrogen-bond donors (Lipinski definition) is 2. The van der Waals surface area contributed by atoms with Gasteiger partial charge < -0.3 is 15.5 Å². The second-order valence-corrected chi connectivity index (χ2v) is 6.68. The van der Waals surface area contributed by atoms with Crippen LogP contribution in [-0.4, -0.2) is 28.8 Å². The summed E-state index contributed by atoms with van der Waals surface area (Å²) in [5.41, 5.74) is 3.61. The summed E-state index contributed by atoms with van der Waals surface area (Å²) in [7, 11) is 1.74. The van der Waals surface area contributed by atoms with Gasteiger partial charge in [-0.2, -0.15) is 5.10 Å². The van der Waals surface area contributed by atoms with Gasteiger partial charge in [-0.3, -0.25) is 9.48 Å². The smallest absolute Gasteiger partial charge is 0.319 e. The Hall–Kier alpha value is -3.61. The molecule has 1 aromatic heterocycles. The minimum Gasteiger partial charge on any atom is -0.334 e. The van der Waals surface area contributed by atoms with E-state index in [1.54, 1.807) is 30.3 Å². The molecule has 0 aliphatic rings. The van der Waals surface area contributed by atoms with Crippen molar-refractivity contribution in [2.75, 3.05) is 17.3 Å². The van der Waals surface area contributed by atoms with E-state index in [4.69, 9.17) is 0 Å². The first-order chi connectivity index (χ1) is 14.0. The van der Waals surface area contributed by atoms with Crippen molar-refractivity contribution in [2.24, 2.45) is 0 Å². The third-order valence-electron chi connectivity index (χ3n) is 4.57. The number of urea groups is 1. The number of carbonyl (C=O) groups is 2. The zero-order valence-corrected chi connectivity index (χ0v) is 16.6. The fourth-order valence-electron chi connectivity index (χ4n) is 2.85. The van der Waals surface area contributed by atoms with Crippen LogP contribution in [0.3, 0.4) is 0 Å². The normalized spacial score (nSPS) is 10.4. The van der Waals surface area contributed by atoms with Gasteiger partial charge >= 0.3 is 6.03 Å². The summed E-state index contributed by atoms with van der Waals surface area (Å²) in [6.45, 7) is 2.97. The summed E-state index contributed by atoms with van der Waals surface area (Å²) < 4.78 is 1.86. The maximum atomic E-state index is 12.1. The van der Waals surface area contributed by atoms with E-state index in [-0.39, 0.29) is 11.9 Å². The molecule has 0 atom stereocenters. The first-order valence-electron chi connectivity index (χ1n) is 9.52. The minimum absolute atomic E-state index is 0.0408. The topological polar surface area (TPSA) is 79.3 Å². The molecule has 0 aliphatic carbocycles. The van der Waals surface area contributed by atoms with Crippen molar-refractivity contribution >= 4 is 23.3 Å². The molecule has 3 aromatic rings. The summed E-state index contributed by atoms with van der Waals surface area (Å²) in [5.74, 6) is 0.0408. The molecule has 0 aliphatic heterocycles. The lowest BCUT2D eigenvalue weighted by Gasteiger charge is -2.17. The Morgan fingerprint density at radius 3 is 2.34 bits per heavy atom. The standard InChI is InChI=1S/C22H25N5O2/c1-3-21(28)26(2)20-11-9-19(10-12-20)25-22(29)23-15-17-5-7-18(8-6-17)16-27-14-4-13-24-27/h4-14H,3,15-16H2,1-2H3,(H2,23,25,29). The molecule has 0 spiro atoms. The van der Waals surface area contributed by atoms with Crippen LogP contribution < -0.4 is 15.5 Å². The summed E-state index contributed by atoms with van der Waals surface area (Å²) in [6, 6.07) is 16.8. The second-order valence-electron chi connectivity index (χ2n) is 6.68. The Morgan fingerprint density at radius 2 is 1.72 bits per heavy atom. The van der Waals surface area contributed by atoms with Crippen LogP contribution in [-0.2, 0) is 17.9 Å². The molecule has 0 saturated heterocycles. The molecule has 150 valence electrons. The SMILES string of the molecule is CCC(=O)N(C)c1ccc(NC(=O)NCc2ccc(Cn3cccn3)cc2)cc1. The zero-order chi connectivity index (χ0) is 20.6. The van der Waals surface area contributed by atoms with Gasteiger partial charge in [-0.15, -0.1) is 0 Å². The van der Waals surface area contributed by atoms with Crippen LogP contribution in [0.5, 0.6) is 0 Å². The van der Waals surface area contributed by atoms with Crippen LogP contribution >= 0.6 is 0 Å². The number of amides is 3. The number of aromatic nitrogens is 2. The van der Waals surface area contributed by atoms with Crippen LogP contribution in [0, 0.1) is 0 Å².